The molecule has 5 heteroatoms. The highest BCUT2D eigenvalue weighted by atomic mass is 35.5. The molecule has 0 bridgehead atoms. The van der Waals surface area contributed by atoms with Crippen LogP contribution in [0.1, 0.15) is 18.7 Å². The minimum atomic E-state index is 0.434. The van der Waals surface area contributed by atoms with E-state index in [1.165, 1.54) is 0 Å². The maximum Gasteiger partial charge on any atom is 0.141 e. The van der Waals surface area contributed by atoms with Gasteiger partial charge in [-0.25, -0.2) is 9.67 Å². The predicted octanol–water partition coefficient (Wildman–Crippen LogP) is 1.44. The van der Waals surface area contributed by atoms with E-state index in [1.54, 1.807) is 6.33 Å². The zero-order valence-corrected chi connectivity index (χ0v) is 8.78. The van der Waals surface area contributed by atoms with Gasteiger partial charge in [0.05, 0.1) is 5.88 Å². The lowest BCUT2D eigenvalue weighted by atomic mass is 10.0. The van der Waals surface area contributed by atoms with Crippen molar-refractivity contribution in [2.45, 2.75) is 25.3 Å². The number of alkyl halides is 1. The molecule has 4 nitrogen and oxygen atoms in total. The standard InChI is InChI=1S/C9H14ClN3O/c10-5-9-11-7-12-13(9)6-8-1-3-14-4-2-8/h7-8H,1-6H2. The summed E-state index contributed by atoms with van der Waals surface area (Å²) in [5.41, 5.74) is 0. The first kappa shape index (κ1) is 9.93. The lowest BCUT2D eigenvalue weighted by Crippen LogP contribution is -2.21. The van der Waals surface area contributed by atoms with E-state index in [2.05, 4.69) is 10.1 Å². The molecule has 1 aliphatic heterocycles. The fourth-order valence-electron chi connectivity index (χ4n) is 1.72. The molecular formula is C9H14ClN3O. The minimum Gasteiger partial charge on any atom is -0.381 e. The molecule has 0 saturated carbocycles. The van der Waals surface area contributed by atoms with E-state index in [4.69, 9.17) is 16.3 Å². The molecular weight excluding hydrogens is 202 g/mol. The van der Waals surface area contributed by atoms with Gasteiger partial charge in [0, 0.05) is 19.8 Å². The molecule has 2 rings (SSSR count). The van der Waals surface area contributed by atoms with Gasteiger partial charge in [-0.3, -0.25) is 0 Å². The fourth-order valence-corrected chi connectivity index (χ4v) is 1.92. The molecule has 0 N–H and O–H groups in total. The molecule has 0 spiro atoms. The van der Waals surface area contributed by atoms with Crippen molar-refractivity contribution in [2.24, 2.45) is 5.92 Å². The first-order valence-electron chi connectivity index (χ1n) is 4.90. The number of hydrogen-bond donors (Lipinski definition) is 0. The van der Waals surface area contributed by atoms with Gasteiger partial charge < -0.3 is 4.74 Å². The van der Waals surface area contributed by atoms with Crippen molar-refractivity contribution in [3.05, 3.63) is 12.2 Å². The van der Waals surface area contributed by atoms with Crippen LogP contribution in [0.5, 0.6) is 0 Å². The average Bonchev–Trinajstić information content (AvgIpc) is 2.67. The highest BCUT2D eigenvalue weighted by molar-refractivity contribution is 6.16. The predicted molar refractivity (Wildman–Crippen MR) is 53.1 cm³/mol. The quantitative estimate of drug-likeness (QED) is 0.717. The second-order valence-corrected chi connectivity index (χ2v) is 3.82. The Kier molecular flexibility index (Phi) is 3.37. The SMILES string of the molecule is ClCc1ncnn1CC1CCOCC1. The molecule has 1 aromatic heterocycles. The van der Waals surface area contributed by atoms with Gasteiger partial charge in [0.15, 0.2) is 0 Å². The van der Waals surface area contributed by atoms with Crippen LogP contribution in [0.3, 0.4) is 0 Å². The zero-order chi connectivity index (χ0) is 9.80. The van der Waals surface area contributed by atoms with Crippen LogP contribution in [-0.2, 0) is 17.2 Å². The van der Waals surface area contributed by atoms with E-state index in [0.717, 1.165) is 38.4 Å². The highest BCUT2D eigenvalue weighted by Crippen LogP contribution is 2.17. The first-order valence-corrected chi connectivity index (χ1v) is 5.44. The molecule has 78 valence electrons. The number of aromatic nitrogens is 3. The van der Waals surface area contributed by atoms with Gasteiger partial charge in [0.1, 0.15) is 12.2 Å². The summed E-state index contributed by atoms with van der Waals surface area (Å²) in [6, 6.07) is 0. The Hall–Kier alpha value is -0.610. The molecule has 0 atom stereocenters. The first-order chi connectivity index (χ1) is 6.90. The van der Waals surface area contributed by atoms with Gasteiger partial charge in [-0.2, -0.15) is 5.10 Å². The van der Waals surface area contributed by atoms with Crippen LogP contribution in [0.15, 0.2) is 6.33 Å². The van der Waals surface area contributed by atoms with Crippen LogP contribution < -0.4 is 0 Å². The number of halogens is 1. The van der Waals surface area contributed by atoms with Crippen molar-refractivity contribution in [1.29, 1.82) is 0 Å². The summed E-state index contributed by atoms with van der Waals surface area (Å²) in [7, 11) is 0. The summed E-state index contributed by atoms with van der Waals surface area (Å²) in [5, 5.41) is 4.16. The Bertz CT molecular complexity index is 283. The molecule has 1 aromatic rings. The van der Waals surface area contributed by atoms with Gasteiger partial charge in [0.2, 0.25) is 0 Å². The molecule has 1 saturated heterocycles. The topological polar surface area (TPSA) is 39.9 Å². The second-order valence-electron chi connectivity index (χ2n) is 3.55. The Morgan fingerprint density at radius 1 is 1.50 bits per heavy atom. The van der Waals surface area contributed by atoms with E-state index in [9.17, 15) is 0 Å². The number of rotatable bonds is 3. The molecule has 0 aromatic carbocycles. The van der Waals surface area contributed by atoms with Crippen molar-refractivity contribution >= 4 is 11.6 Å². The number of nitrogens with zero attached hydrogens (tertiary/aromatic N) is 3. The maximum absolute atomic E-state index is 5.74. The lowest BCUT2D eigenvalue weighted by Gasteiger charge is -2.22. The van der Waals surface area contributed by atoms with E-state index >= 15 is 0 Å². The summed E-state index contributed by atoms with van der Waals surface area (Å²) >= 11 is 5.74. The van der Waals surface area contributed by atoms with Gasteiger partial charge in [0.25, 0.3) is 0 Å². The van der Waals surface area contributed by atoms with Crippen LogP contribution in [0.25, 0.3) is 0 Å². The van der Waals surface area contributed by atoms with Crippen LogP contribution in [0, 0.1) is 5.92 Å². The molecule has 2 heterocycles. The Labute approximate surface area is 88.2 Å². The van der Waals surface area contributed by atoms with Gasteiger partial charge in [-0.1, -0.05) is 0 Å². The van der Waals surface area contributed by atoms with E-state index < -0.39 is 0 Å². The summed E-state index contributed by atoms with van der Waals surface area (Å²) in [5.74, 6) is 1.95. The van der Waals surface area contributed by atoms with Gasteiger partial charge in [-0.15, -0.1) is 11.6 Å². The molecule has 0 aliphatic carbocycles. The summed E-state index contributed by atoms with van der Waals surface area (Å²) in [6.45, 7) is 2.66. The zero-order valence-electron chi connectivity index (χ0n) is 8.03. The van der Waals surface area contributed by atoms with Crippen molar-refractivity contribution in [1.82, 2.24) is 14.8 Å². The minimum absolute atomic E-state index is 0.434. The van der Waals surface area contributed by atoms with Gasteiger partial charge >= 0.3 is 0 Å². The lowest BCUT2D eigenvalue weighted by molar-refractivity contribution is 0.0599. The van der Waals surface area contributed by atoms with Crippen molar-refractivity contribution < 1.29 is 4.74 Å². The monoisotopic (exact) mass is 215 g/mol. The highest BCUT2D eigenvalue weighted by Gasteiger charge is 2.15. The Balaban J connectivity index is 1.95. The maximum atomic E-state index is 5.74. The summed E-state index contributed by atoms with van der Waals surface area (Å²) in [6.07, 6.45) is 3.79. The third-order valence-electron chi connectivity index (χ3n) is 2.59. The molecule has 0 unspecified atom stereocenters. The molecule has 0 radical (unpaired) electrons. The van der Waals surface area contributed by atoms with E-state index in [1.807, 2.05) is 4.68 Å². The van der Waals surface area contributed by atoms with Crippen molar-refractivity contribution in [3.63, 3.8) is 0 Å². The third kappa shape index (κ3) is 2.25. The smallest absolute Gasteiger partial charge is 0.141 e. The molecule has 1 aliphatic rings. The van der Waals surface area contributed by atoms with Crippen LogP contribution >= 0.6 is 11.6 Å². The van der Waals surface area contributed by atoms with Crippen LogP contribution in [0.2, 0.25) is 0 Å². The van der Waals surface area contributed by atoms with Crippen molar-refractivity contribution in [3.8, 4) is 0 Å². The molecule has 1 fully saturated rings. The van der Waals surface area contributed by atoms with Crippen LogP contribution in [0.4, 0.5) is 0 Å². The van der Waals surface area contributed by atoms with E-state index in [0.29, 0.717) is 11.8 Å². The molecule has 14 heavy (non-hydrogen) atoms. The number of ether oxygens (including phenoxy) is 1. The third-order valence-corrected chi connectivity index (χ3v) is 2.83. The fraction of sp³-hybridized carbons (Fsp3) is 0.778. The largest absolute Gasteiger partial charge is 0.381 e. The van der Waals surface area contributed by atoms with E-state index in [-0.39, 0.29) is 0 Å². The van der Waals surface area contributed by atoms with Crippen LogP contribution in [-0.4, -0.2) is 28.0 Å². The summed E-state index contributed by atoms with van der Waals surface area (Å²) in [4.78, 5) is 4.09. The summed E-state index contributed by atoms with van der Waals surface area (Å²) < 4.78 is 7.21. The molecule has 0 amide bonds. The van der Waals surface area contributed by atoms with Crippen molar-refractivity contribution in [2.75, 3.05) is 13.2 Å². The Morgan fingerprint density at radius 2 is 2.29 bits per heavy atom. The normalized spacial score (nSPS) is 18.6. The average molecular weight is 216 g/mol. The number of hydrogen-bond acceptors (Lipinski definition) is 3. The Morgan fingerprint density at radius 3 is 3.00 bits per heavy atom. The second kappa shape index (κ2) is 4.75. The van der Waals surface area contributed by atoms with Gasteiger partial charge in [-0.05, 0) is 18.8 Å².